The van der Waals surface area contributed by atoms with E-state index in [0.29, 0.717) is 0 Å². The molecule has 1 rings (SSSR count). The molecule has 1 aromatic rings. The zero-order valence-corrected chi connectivity index (χ0v) is 9.97. The first-order chi connectivity index (χ1) is 8.40. The van der Waals surface area contributed by atoms with E-state index in [2.05, 4.69) is 0 Å². The highest BCUT2D eigenvalue weighted by Gasteiger charge is 2.18. The maximum Gasteiger partial charge on any atom is 0.321 e. The Morgan fingerprint density at radius 3 is 2.44 bits per heavy atom. The van der Waals surface area contributed by atoms with E-state index in [1.165, 1.54) is 17.0 Å². The number of carbonyl (C=O) groups is 2. The Kier molecular flexibility index (Phi) is 4.79. The van der Waals surface area contributed by atoms with Crippen molar-refractivity contribution in [3.63, 3.8) is 0 Å². The van der Waals surface area contributed by atoms with E-state index in [-0.39, 0.29) is 24.7 Å². The number of aliphatic carboxylic acids is 1. The third-order valence-corrected chi connectivity index (χ3v) is 2.47. The highest BCUT2D eigenvalue weighted by molar-refractivity contribution is 5.84. The van der Waals surface area contributed by atoms with Gasteiger partial charge in [0.05, 0.1) is 6.42 Å². The second-order valence-corrected chi connectivity index (χ2v) is 4.03. The summed E-state index contributed by atoms with van der Waals surface area (Å²) in [4.78, 5) is 23.5. The minimum Gasteiger partial charge on any atom is -0.480 e. The number of rotatable bonds is 5. The van der Waals surface area contributed by atoms with Crippen LogP contribution in [0.15, 0.2) is 24.3 Å². The van der Waals surface area contributed by atoms with Gasteiger partial charge in [-0.1, -0.05) is 12.1 Å². The van der Waals surface area contributed by atoms with E-state index in [4.69, 9.17) is 10.8 Å². The minimum absolute atomic E-state index is 0.257. The summed E-state index contributed by atoms with van der Waals surface area (Å²) in [6, 6.07) is 4.54. The molecule has 0 bridgehead atoms. The highest BCUT2D eigenvalue weighted by atomic mass is 19.1. The number of halogens is 1. The van der Waals surface area contributed by atoms with E-state index < -0.39 is 12.0 Å². The molecule has 0 saturated heterocycles. The van der Waals surface area contributed by atoms with Gasteiger partial charge in [0.15, 0.2) is 0 Å². The standard InChI is InChI=1S/C12H15FN2O3/c1-15(11(16)6-10(14)12(17)18)7-8-2-4-9(13)5-3-8/h2-5,10H,6-7,14H2,1H3,(H,17,18). The van der Waals surface area contributed by atoms with Crippen LogP contribution >= 0.6 is 0 Å². The summed E-state index contributed by atoms with van der Waals surface area (Å²) in [6.45, 7) is 0.283. The van der Waals surface area contributed by atoms with Crippen LogP contribution in [0.3, 0.4) is 0 Å². The number of nitrogens with two attached hydrogens (primary N) is 1. The number of amides is 1. The first-order valence-electron chi connectivity index (χ1n) is 5.37. The third-order valence-electron chi connectivity index (χ3n) is 2.47. The fourth-order valence-electron chi connectivity index (χ4n) is 1.38. The monoisotopic (exact) mass is 254 g/mol. The van der Waals surface area contributed by atoms with Crippen LogP contribution in [0.4, 0.5) is 4.39 Å². The smallest absolute Gasteiger partial charge is 0.321 e. The lowest BCUT2D eigenvalue weighted by Crippen LogP contribution is -2.37. The van der Waals surface area contributed by atoms with Crippen LogP contribution in [0.5, 0.6) is 0 Å². The molecule has 0 radical (unpaired) electrons. The van der Waals surface area contributed by atoms with Crippen molar-refractivity contribution in [1.29, 1.82) is 0 Å². The zero-order chi connectivity index (χ0) is 13.7. The Balaban J connectivity index is 2.54. The molecule has 0 heterocycles. The molecule has 0 saturated carbocycles. The van der Waals surface area contributed by atoms with Crippen molar-refractivity contribution in [3.8, 4) is 0 Å². The Labute approximate surface area is 104 Å². The fraction of sp³-hybridized carbons (Fsp3) is 0.333. The molecule has 0 aliphatic heterocycles. The van der Waals surface area contributed by atoms with Crippen molar-refractivity contribution in [2.24, 2.45) is 5.73 Å². The molecule has 0 aliphatic carbocycles. The van der Waals surface area contributed by atoms with Crippen molar-refractivity contribution in [2.45, 2.75) is 19.0 Å². The molecule has 0 aliphatic rings. The van der Waals surface area contributed by atoms with E-state index in [1.807, 2.05) is 0 Å². The molecular formula is C12H15FN2O3. The van der Waals surface area contributed by atoms with Gasteiger partial charge in [-0.25, -0.2) is 4.39 Å². The molecule has 0 spiro atoms. The van der Waals surface area contributed by atoms with Crippen LogP contribution in [0.1, 0.15) is 12.0 Å². The molecule has 1 amide bonds. The molecule has 3 N–H and O–H groups in total. The van der Waals surface area contributed by atoms with Crippen LogP contribution in [0, 0.1) is 5.82 Å². The van der Waals surface area contributed by atoms with Crippen molar-refractivity contribution in [1.82, 2.24) is 4.90 Å². The van der Waals surface area contributed by atoms with Crippen molar-refractivity contribution in [3.05, 3.63) is 35.6 Å². The average molecular weight is 254 g/mol. The van der Waals surface area contributed by atoms with Gasteiger partial charge < -0.3 is 15.7 Å². The van der Waals surface area contributed by atoms with Gasteiger partial charge in [-0.3, -0.25) is 9.59 Å². The topological polar surface area (TPSA) is 83.6 Å². The molecule has 0 fully saturated rings. The molecule has 18 heavy (non-hydrogen) atoms. The molecule has 5 nitrogen and oxygen atoms in total. The van der Waals surface area contributed by atoms with Gasteiger partial charge in [0.2, 0.25) is 5.91 Å². The molecule has 1 aromatic carbocycles. The number of hydrogen-bond acceptors (Lipinski definition) is 3. The highest BCUT2D eigenvalue weighted by Crippen LogP contribution is 2.07. The normalized spacial score (nSPS) is 11.9. The maximum absolute atomic E-state index is 12.7. The van der Waals surface area contributed by atoms with Crippen molar-refractivity contribution in [2.75, 3.05) is 7.05 Å². The first-order valence-corrected chi connectivity index (χ1v) is 5.37. The Morgan fingerprint density at radius 2 is 1.94 bits per heavy atom. The predicted octanol–water partition coefficient (Wildman–Crippen LogP) is 0.586. The van der Waals surface area contributed by atoms with Crippen LogP contribution in [-0.2, 0) is 16.1 Å². The zero-order valence-electron chi connectivity index (χ0n) is 9.97. The molecular weight excluding hydrogens is 239 g/mol. The lowest BCUT2D eigenvalue weighted by atomic mass is 10.1. The van der Waals surface area contributed by atoms with E-state index in [0.717, 1.165) is 5.56 Å². The Hall–Kier alpha value is -1.95. The summed E-state index contributed by atoms with van der Waals surface area (Å²) >= 11 is 0. The summed E-state index contributed by atoms with van der Waals surface area (Å²) in [6.07, 6.45) is -0.257. The van der Waals surface area contributed by atoms with Crippen molar-refractivity contribution >= 4 is 11.9 Å². The number of nitrogens with zero attached hydrogens (tertiary/aromatic N) is 1. The summed E-state index contributed by atoms with van der Waals surface area (Å²) in [5.41, 5.74) is 6.03. The van der Waals surface area contributed by atoms with Crippen LogP contribution < -0.4 is 5.73 Å². The largest absolute Gasteiger partial charge is 0.480 e. The van der Waals surface area contributed by atoms with E-state index in [9.17, 15) is 14.0 Å². The minimum atomic E-state index is -1.21. The van der Waals surface area contributed by atoms with Gasteiger partial charge in [-0.2, -0.15) is 0 Å². The second kappa shape index (κ2) is 6.11. The van der Waals surface area contributed by atoms with Gasteiger partial charge >= 0.3 is 5.97 Å². The lowest BCUT2D eigenvalue weighted by Gasteiger charge is -2.18. The van der Waals surface area contributed by atoms with Gasteiger partial charge in [-0.15, -0.1) is 0 Å². The summed E-state index contributed by atoms with van der Waals surface area (Å²) in [5.74, 6) is -1.92. The summed E-state index contributed by atoms with van der Waals surface area (Å²) < 4.78 is 12.7. The molecule has 0 aromatic heterocycles. The van der Waals surface area contributed by atoms with E-state index >= 15 is 0 Å². The quantitative estimate of drug-likeness (QED) is 0.805. The number of hydrogen-bond donors (Lipinski definition) is 2. The summed E-state index contributed by atoms with van der Waals surface area (Å²) in [5, 5.41) is 8.60. The number of carbonyl (C=O) groups excluding carboxylic acids is 1. The SMILES string of the molecule is CN(Cc1ccc(F)cc1)C(=O)CC(N)C(=O)O. The fourth-order valence-corrected chi connectivity index (χ4v) is 1.38. The van der Waals surface area contributed by atoms with Gasteiger partial charge in [-0.05, 0) is 17.7 Å². The van der Waals surface area contributed by atoms with Gasteiger partial charge in [0.1, 0.15) is 11.9 Å². The number of carboxylic acid groups (broad SMARTS) is 1. The number of benzene rings is 1. The second-order valence-electron chi connectivity index (χ2n) is 4.03. The summed E-state index contributed by atoms with van der Waals surface area (Å²) in [7, 11) is 1.54. The Bertz CT molecular complexity index is 433. The van der Waals surface area contributed by atoms with Crippen LogP contribution in [0.2, 0.25) is 0 Å². The van der Waals surface area contributed by atoms with Crippen LogP contribution in [0.25, 0.3) is 0 Å². The molecule has 1 unspecified atom stereocenters. The maximum atomic E-state index is 12.7. The van der Waals surface area contributed by atoms with Gasteiger partial charge in [0, 0.05) is 13.6 Å². The first kappa shape index (κ1) is 14.1. The third kappa shape index (κ3) is 4.14. The molecule has 6 heteroatoms. The molecule has 98 valence electrons. The predicted molar refractivity (Wildman–Crippen MR) is 63.1 cm³/mol. The van der Waals surface area contributed by atoms with Crippen LogP contribution in [-0.4, -0.2) is 35.0 Å². The van der Waals surface area contributed by atoms with Gasteiger partial charge in [0.25, 0.3) is 0 Å². The lowest BCUT2D eigenvalue weighted by molar-refractivity contribution is -0.142. The molecule has 1 atom stereocenters. The van der Waals surface area contributed by atoms with Crippen molar-refractivity contribution < 1.29 is 19.1 Å². The van der Waals surface area contributed by atoms with E-state index in [1.54, 1.807) is 19.2 Å². The number of carboxylic acids is 1. The Morgan fingerprint density at radius 1 is 1.39 bits per heavy atom. The average Bonchev–Trinajstić information content (AvgIpc) is 2.31.